The predicted molar refractivity (Wildman–Crippen MR) is 108 cm³/mol. The second kappa shape index (κ2) is 8.90. The first kappa shape index (κ1) is 19.2. The van der Waals surface area contributed by atoms with Gasteiger partial charge in [-0.2, -0.15) is 0 Å². The number of anilines is 1. The fourth-order valence-corrected chi connectivity index (χ4v) is 2.83. The Hall–Kier alpha value is -3.54. The summed E-state index contributed by atoms with van der Waals surface area (Å²) < 4.78 is 0. The molecule has 0 bridgehead atoms. The molecule has 0 aliphatic carbocycles. The number of aromatic nitrogens is 2. The van der Waals surface area contributed by atoms with Gasteiger partial charge < -0.3 is 10.2 Å². The Balaban J connectivity index is 1.76. The van der Waals surface area contributed by atoms with Crippen molar-refractivity contribution in [1.82, 2.24) is 15.3 Å². The molecule has 0 aliphatic rings. The summed E-state index contributed by atoms with van der Waals surface area (Å²) in [5, 5.41) is 2.81. The Labute approximate surface area is 164 Å². The molecule has 0 unspecified atom stereocenters. The fraction of sp³-hybridized carbons (Fsp3) is 0.182. The lowest BCUT2D eigenvalue weighted by Gasteiger charge is -2.21. The van der Waals surface area contributed by atoms with Crippen LogP contribution in [0.4, 0.5) is 5.69 Å². The highest BCUT2D eigenvalue weighted by atomic mass is 16.2. The molecule has 2 amide bonds. The van der Waals surface area contributed by atoms with Crippen LogP contribution < -0.4 is 10.2 Å². The number of benzene rings is 1. The summed E-state index contributed by atoms with van der Waals surface area (Å²) >= 11 is 0. The third-order valence-corrected chi connectivity index (χ3v) is 4.28. The number of carbonyl (C=O) groups is 2. The number of pyridine rings is 2. The maximum atomic E-state index is 13.0. The molecule has 28 heavy (non-hydrogen) atoms. The van der Waals surface area contributed by atoms with Crippen LogP contribution in [0.3, 0.4) is 0 Å². The highest BCUT2D eigenvalue weighted by Gasteiger charge is 2.19. The van der Waals surface area contributed by atoms with E-state index in [4.69, 9.17) is 0 Å². The van der Waals surface area contributed by atoms with Crippen LogP contribution in [0.15, 0.2) is 67.0 Å². The number of aryl methyl sites for hydroxylation is 1. The van der Waals surface area contributed by atoms with Crippen molar-refractivity contribution in [3.05, 3.63) is 89.5 Å². The molecular formula is C22H22N4O2. The molecule has 0 radical (unpaired) electrons. The van der Waals surface area contributed by atoms with Gasteiger partial charge in [0, 0.05) is 31.2 Å². The number of rotatable bonds is 6. The summed E-state index contributed by atoms with van der Waals surface area (Å²) in [5.74, 6) is -0.568. The van der Waals surface area contributed by atoms with Crippen molar-refractivity contribution in [1.29, 1.82) is 0 Å². The van der Waals surface area contributed by atoms with Crippen molar-refractivity contribution >= 4 is 17.5 Å². The van der Waals surface area contributed by atoms with E-state index in [1.54, 1.807) is 35.5 Å². The standard InChI is InChI=1S/C22H22N4O2/c1-3-26(18-7-4-6-16(2)14-18)22(28)20-9-5-8-19(25-20)21(27)24-15-17-10-12-23-13-11-17/h4-14H,3,15H2,1-2H3,(H,24,27). The molecule has 0 saturated heterocycles. The molecular weight excluding hydrogens is 352 g/mol. The lowest BCUT2D eigenvalue weighted by Crippen LogP contribution is -2.32. The van der Waals surface area contributed by atoms with Crippen LogP contribution >= 0.6 is 0 Å². The summed E-state index contributed by atoms with van der Waals surface area (Å²) in [5.41, 5.74) is 3.26. The lowest BCUT2D eigenvalue weighted by atomic mass is 10.2. The number of carbonyl (C=O) groups excluding carboxylic acids is 2. The fourth-order valence-electron chi connectivity index (χ4n) is 2.83. The van der Waals surface area contributed by atoms with Crippen LogP contribution in [0.5, 0.6) is 0 Å². The van der Waals surface area contributed by atoms with E-state index < -0.39 is 0 Å². The van der Waals surface area contributed by atoms with E-state index in [2.05, 4.69) is 15.3 Å². The zero-order valence-corrected chi connectivity index (χ0v) is 15.9. The maximum Gasteiger partial charge on any atom is 0.276 e. The molecule has 0 fully saturated rings. The van der Waals surface area contributed by atoms with Gasteiger partial charge in [0.1, 0.15) is 11.4 Å². The van der Waals surface area contributed by atoms with Crippen LogP contribution in [-0.4, -0.2) is 28.3 Å². The van der Waals surface area contributed by atoms with E-state index in [-0.39, 0.29) is 23.2 Å². The van der Waals surface area contributed by atoms with E-state index >= 15 is 0 Å². The first-order valence-corrected chi connectivity index (χ1v) is 9.11. The molecule has 142 valence electrons. The van der Waals surface area contributed by atoms with Gasteiger partial charge in [-0.1, -0.05) is 18.2 Å². The van der Waals surface area contributed by atoms with Crippen molar-refractivity contribution in [2.45, 2.75) is 20.4 Å². The minimum absolute atomic E-state index is 0.209. The summed E-state index contributed by atoms with van der Waals surface area (Å²) in [6, 6.07) is 16.3. The van der Waals surface area contributed by atoms with Gasteiger partial charge >= 0.3 is 0 Å². The number of hydrogen-bond donors (Lipinski definition) is 1. The second-order valence-corrected chi connectivity index (χ2v) is 6.33. The van der Waals surface area contributed by atoms with Crippen LogP contribution in [0.25, 0.3) is 0 Å². The highest BCUT2D eigenvalue weighted by molar-refractivity contribution is 6.05. The summed E-state index contributed by atoms with van der Waals surface area (Å²) in [7, 11) is 0. The average Bonchev–Trinajstić information content (AvgIpc) is 2.73. The van der Waals surface area contributed by atoms with Crippen molar-refractivity contribution in [2.75, 3.05) is 11.4 Å². The number of amides is 2. The van der Waals surface area contributed by atoms with Crippen LogP contribution in [0.1, 0.15) is 39.0 Å². The van der Waals surface area contributed by atoms with Gasteiger partial charge in [-0.05, 0) is 61.4 Å². The zero-order valence-electron chi connectivity index (χ0n) is 15.9. The Morgan fingerprint density at radius 2 is 1.71 bits per heavy atom. The predicted octanol–water partition coefficient (Wildman–Crippen LogP) is 3.38. The van der Waals surface area contributed by atoms with E-state index in [1.807, 2.05) is 50.2 Å². The van der Waals surface area contributed by atoms with Gasteiger partial charge in [0.2, 0.25) is 0 Å². The summed E-state index contributed by atoms with van der Waals surface area (Å²) in [6.45, 7) is 4.76. The Bertz CT molecular complexity index is 973. The third kappa shape index (κ3) is 4.59. The van der Waals surface area contributed by atoms with E-state index in [1.165, 1.54) is 0 Å². The maximum absolute atomic E-state index is 13.0. The van der Waals surface area contributed by atoms with Gasteiger partial charge in [-0.3, -0.25) is 14.6 Å². The molecule has 3 aromatic rings. The van der Waals surface area contributed by atoms with E-state index in [0.717, 1.165) is 16.8 Å². The third-order valence-electron chi connectivity index (χ3n) is 4.28. The summed E-state index contributed by atoms with van der Waals surface area (Å²) in [6.07, 6.45) is 3.34. The monoisotopic (exact) mass is 374 g/mol. The highest BCUT2D eigenvalue weighted by Crippen LogP contribution is 2.18. The molecule has 0 saturated carbocycles. The van der Waals surface area contributed by atoms with Gasteiger partial charge in [-0.15, -0.1) is 0 Å². The molecule has 0 aliphatic heterocycles. The normalized spacial score (nSPS) is 10.4. The average molecular weight is 374 g/mol. The van der Waals surface area contributed by atoms with Crippen molar-refractivity contribution in [3.8, 4) is 0 Å². The van der Waals surface area contributed by atoms with E-state index in [9.17, 15) is 9.59 Å². The lowest BCUT2D eigenvalue weighted by molar-refractivity contribution is 0.0945. The summed E-state index contributed by atoms with van der Waals surface area (Å²) in [4.78, 5) is 35.3. The Morgan fingerprint density at radius 1 is 1.00 bits per heavy atom. The second-order valence-electron chi connectivity index (χ2n) is 6.33. The topological polar surface area (TPSA) is 75.2 Å². The molecule has 2 aromatic heterocycles. The molecule has 1 N–H and O–H groups in total. The molecule has 6 nitrogen and oxygen atoms in total. The van der Waals surface area contributed by atoms with Crippen LogP contribution in [0.2, 0.25) is 0 Å². The minimum Gasteiger partial charge on any atom is -0.347 e. The first-order chi connectivity index (χ1) is 13.6. The molecule has 0 spiro atoms. The Kier molecular flexibility index (Phi) is 6.11. The van der Waals surface area contributed by atoms with Gasteiger partial charge in [0.15, 0.2) is 0 Å². The molecule has 3 rings (SSSR count). The quantitative estimate of drug-likeness (QED) is 0.718. The van der Waals surface area contributed by atoms with Gasteiger partial charge in [0.25, 0.3) is 11.8 Å². The molecule has 0 atom stereocenters. The largest absolute Gasteiger partial charge is 0.347 e. The van der Waals surface area contributed by atoms with Crippen molar-refractivity contribution < 1.29 is 9.59 Å². The minimum atomic E-state index is -0.329. The SMILES string of the molecule is CCN(C(=O)c1cccc(C(=O)NCc2ccncc2)n1)c1cccc(C)c1. The molecule has 2 heterocycles. The van der Waals surface area contributed by atoms with Gasteiger partial charge in [0.05, 0.1) is 0 Å². The number of nitrogens with zero attached hydrogens (tertiary/aromatic N) is 3. The van der Waals surface area contributed by atoms with Crippen molar-refractivity contribution in [3.63, 3.8) is 0 Å². The Morgan fingerprint density at radius 3 is 2.43 bits per heavy atom. The number of nitrogens with one attached hydrogen (secondary N) is 1. The van der Waals surface area contributed by atoms with Crippen molar-refractivity contribution in [2.24, 2.45) is 0 Å². The number of hydrogen-bond acceptors (Lipinski definition) is 4. The van der Waals surface area contributed by atoms with E-state index in [0.29, 0.717) is 13.1 Å². The van der Waals surface area contributed by atoms with Crippen LogP contribution in [0, 0.1) is 6.92 Å². The first-order valence-electron chi connectivity index (χ1n) is 9.11. The molecule has 1 aromatic carbocycles. The van der Waals surface area contributed by atoms with Gasteiger partial charge in [-0.25, -0.2) is 4.98 Å². The zero-order chi connectivity index (χ0) is 19.9. The molecule has 6 heteroatoms. The smallest absolute Gasteiger partial charge is 0.276 e. The van der Waals surface area contributed by atoms with Crippen LogP contribution in [-0.2, 0) is 6.54 Å².